The Morgan fingerprint density at radius 2 is 2.08 bits per heavy atom. The monoisotopic (exact) mass is 340 g/mol. The summed E-state index contributed by atoms with van der Waals surface area (Å²) in [6.07, 6.45) is 7.04. The summed E-state index contributed by atoms with van der Waals surface area (Å²) in [6.45, 7) is 1.85. The number of pyridine rings is 1. The topological polar surface area (TPSA) is 76.9 Å². The minimum absolute atomic E-state index is 0.215. The number of aromatic nitrogens is 3. The van der Waals surface area contributed by atoms with Crippen LogP contribution in [-0.4, -0.2) is 20.6 Å². The van der Waals surface area contributed by atoms with Crippen LogP contribution < -0.4 is 11.0 Å². The standard InChI is InChI=1S/C17H16N4O2S/c1-10-6-7-11(8-18-10)15(22)20-21-9-19-16-14(17(21)23)12-4-2-3-5-13(12)24-16/h6-9H,2-5H2,1H3,(H,20,22). The number of amides is 1. The van der Waals surface area contributed by atoms with Crippen molar-refractivity contribution in [1.29, 1.82) is 0 Å². The highest BCUT2D eigenvalue weighted by Crippen LogP contribution is 2.33. The molecule has 0 saturated heterocycles. The maximum absolute atomic E-state index is 12.8. The highest BCUT2D eigenvalue weighted by molar-refractivity contribution is 7.18. The third-order valence-corrected chi connectivity index (χ3v) is 5.47. The maximum Gasteiger partial charge on any atom is 0.281 e. The Bertz CT molecular complexity index is 988. The van der Waals surface area contributed by atoms with Gasteiger partial charge in [0.1, 0.15) is 11.2 Å². The van der Waals surface area contributed by atoms with Crippen LogP contribution in [0.5, 0.6) is 0 Å². The molecule has 4 rings (SSSR count). The zero-order valence-corrected chi connectivity index (χ0v) is 14.0. The van der Waals surface area contributed by atoms with E-state index in [2.05, 4.69) is 15.4 Å². The molecule has 3 heterocycles. The van der Waals surface area contributed by atoms with Crippen LogP contribution in [0.1, 0.15) is 39.3 Å². The van der Waals surface area contributed by atoms with Crippen LogP contribution in [0, 0.1) is 6.92 Å². The second-order valence-electron chi connectivity index (χ2n) is 5.94. The number of fused-ring (bicyclic) bond motifs is 3. The van der Waals surface area contributed by atoms with Crippen molar-refractivity contribution in [3.05, 3.63) is 56.7 Å². The van der Waals surface area contributed by atoms with Crippen molar-refractivity contribution in [1.82, 2.24) is 14.6 Å². The fourth-order valence-electron chi connectivity index (χ4n) is 3.00. The molecular formula is C17H16N4O2S. The van der Waals surface area contributed by atoms with E-state index in [1.54, 1.807) is 23.5 Å². The lowest BCUT2D eigenvalue weighted by Crippen LogP contribution is -2.33. The smallest absolute Gasteiger partial charge is 0.267 e. The molecule has 1 aliphatic rings. The Labute approximate surface area is 142 Å². The van der Waals surface area contributed by atoms with Crippen molar-refractivity contribution in [3.8, 4) is 0 Å². The number of nitrogens with zero attached hydrogens (tertiary/aromatic N) is 3. The molecule has 6 nitrogen and oxygen atoms in total. The van der Waals surface area contributed by atoms with Crippen LogP contribution in [0.15, 0.2) is 29.5 Å². The average Bonchev–Trinajstić information content (AvgIpc) is 2.97. The molecule has 3 aromatic rings. The quantitative estimate of drug-likeness (QED) is 0.777. The summed E-state index contributed by atoms with van der Waals surface area (Å²) in [5.74, 6) is -0.380. The number of carbonyl (C=O) groups is 1. The molecule has 0 atom stereocenters. The van der Waals surface area contributed by atoms with Gasteiger partial charge in [0.25, 0.3) is 11.5 Å². The van der Waals surface area contributed by atoms with Crippen LogP contribution in [0.3, 0.4) is 0 Å². The second-order valence-corrected chi connectivity index (χ2v) is 7.02. The molecule has 0 unspecified atom stereocenters. The molecule has 7 heteroatoms. The minimum Gasteiger partial charge on any atom is -0.267 e. The second kappa shape index (κ2) is 5.83. The minimum atomic E-state index is -0.380. The summed E-state index contributed by atoms with van der Waals surface area (Å²) in [5, 5.41) is 0.652. The lowest BCUT2D eigenvalue weighted by molar-refractivity contribution is 0.101. The molecule has 3 aromatic heterocycles. The SMILES string of the molecule is Cc1ccc(C(=O)Nn2cnc3sc4c(c3c2=O)CCCC4)cn1. The molecule has 1 N–H and O–H groups in total. The van der Waals surface area contributed by atoms with Crippen LogP contribution in [0.4, 0.5) is 0 Å². The van der Waals surface area contributed by atoms with Crippen molar-refractivity contribution < 1.29 is 4.79 Å². The van der Waals surface area contributed by atoms with E-state index >= 15 is 0 Å². The number of nitrogens with one attached hydrogen (secondary N) is 1. The summed E-state index contributed by atoms with van der Waals surface area (Å²) < 4.78 is 1.17. The summed E-state index contributed by atoms with van der Waals surface area (Å²) >= 11 is 1.59. The predicted molar refractivity (Wildman–Crippen MR) is 93.2 cm³/mol. The molecule has 0 fully saturated rings. The summed E-state index contributed by atoms with van der Waals surface area (Å²) in [6, 6.07) is 3.44. The molecule has 0 aromatic carbocycles. The number of hydrogen-bond acceptors (Lipinski definition) is 5. The molecule has 0 aliphatic heterocycles. The first-order valence-electron chi connectivity index (χ1n) is 7.89. The van der Waals surface area contributed by atoms with Gasteiger partial charge in [-0.3, -0.25) is 20.0 Å². The van der Waals surface area contributed by atoms with E-state index in [-0.39, 0.29) is 11.5 Å². The molecule has 122 valence electrons. The van der Waals surface area contributed by atoms with Crippen LogP contribution >= 0.6 is 11.3 Å². The Morgan fingerprint density at radius 1 is 1.25 bits per heavy atom. The molecular weight excluding hydrogens is 324 g/mol. The Morgan fingerprint density at radius 3 is 2.88 bits per heavy atom. The van der Waals surface area contributed by atoms with Crippen LogP contribution in [0.2, 0.25) is 0 Å². The first-order chi connectivity index (χ1) is 11.6. The molecule has 24 heavy (non-hydrogen) atoms. The first kappa shape index (κ1) is 15.0. The number of aryl methyl sites for hydroxylation is 3. The van der Waals surface area contributed by atoms with Gasteiger partial charge in [0, 0.05) is 16.8 Å². The normalized spacial score (nSPS) is 13.7. The molecule has 0 spiro atoms. The van der Waals surface area contributed by atoms with E-state index in [1.165, 1.54) is 22.1 Å². The van der Waals surface area contributed by atoms with Gasteiger partial charge in [0.2, 0.25) is 0 Å². The molecule has 0 bridgehead atoms. The molecule has 1 amide bonds. The Hall–Kier alpha value is -2.54. The number of rotatable bonds is 2. The lowest BCUT2D eigenvalue weighted by atomic mass is 9.97. The first-order valence-corrected chi connectivity index (χ1v) is 8.71. The van der Waals surface area contributed by atoms with Crippen molar-refractivity contribution in [2.24, 2.45) is 0 Å². The third kappa shape index (κ3) is 2.50. The summed E-state index contributed by atoms with van der Waals surface area (Å²) in [4.78, 5) is 35.6. The van der Waals surface area contributed by atoms with Gasteiger partial charge in [-0.25, -0.2) is 9.66 Å². The predicted octanol–water partition coefficient (Wildman–Crippen LogP) is 2.42. The van der Waals surface area contributed by atoms with E-state index in [4.69, 9.17) is 0 Å². The number of hydrogen-bond donors (Lipinski definition) is 1. The van der Waals surface area contributed by atoms with Gasteiger partial charge in [0.15, 0.2) is 0 Å². The fourth-order valence-corrected chi connectivity index (χ4v) is 4.22. The van der Waals surface area contributed by atoms with E-state index < -0.39 is 0 Å². The summed E-state index contributed by atoms with van der Waals surface area (Å²) in [5.41, 5.74) is 4.73. The lowest BCUT2D eigenvalue weighted by Gasteiger charge is -2.11. The van der Waals surface area contributed by atoms with E-state index in [0.717, 1.165) is 41.8 Å². The molecule has 0 radical (unpaired) electrons. The van der Waals surface area contributed by atoms with Gasteiger partial charge in [-0.2, -0.15) is 0 Å². The van der Waals surface area contributed by atoms with Crippen molar-refractivity contribution in [3.63, 3.8) is 0 Å². The fraction of sp³-hybridized carbons (Fsp3) is 0.294. The van der Waals surface area contributed by atoms with Crippen molar-refractivity contribution >= 4 is 27.5 Å². The Kier molecular flexibility index (Phi) is 3.65. The number of thiophene rings is 1. The Balaban J connectivity index is 1.72. The van der Waals surface area contributed by atoms with Gasteiger partial charge in [-0.15, -0.1) is 11.3 Å². The maximum atomic E-state index is 12.8. The van der Waals surface area contributed by atoms with Crippen LogP contribution in [-0.2, 0) is 12.8 Å². The third-order valence-electron chi connectivity index (χ3n) is 4.27. The van der Waals surface area contributed by atoms with E-state index in [0.29, 0.717) is 10.9 Å². The van der Waals surface area contributed by atoms with Crippen molar-refractivity contribution in [2.75, 3.05) is 5.43 Å². The highest BCUT2D eigenvalue weighted by Gasteiger charge is 2.20. The van der Waals surface area contributed by atoms with Gasteiger partial charge >= 0.3 is 0 Å². The zero-order valence-electron chi connectivity index (χ0n) is 13.2. The van der Waals surface area contributed by atoms with Crippen molar-refractivity contribution in [2.45, 2.75) is 32.6 Å². The van der Waals surface area contributed by atoms with Gasteiger partial charge in [-0.1, -0.05) is 0 Å². The van der Waals surface area contributed by atoms with Gasteiger partial charge in [-0.05, 0) is 50.3 Å². The zero-order chi connectivity index (χ0) is 16.7. The number of carbonyl (C=O) groups excluding carboxylic acids is 1. The van der Waals surface area contributed by atoms with Crippen LogP contribution in [0.25, 0.3) is 10.2 Å². The van der Waals surface area contributed by atoms with E-state index in [1.807, 2.05) is 6.92 Å². The highest BCUT2D eigenvalue weighted by atomic mass is 32.1. The summed E-state index contributed by atoms with van der Waals surface area (Å²) in [7, 11) is 0. The largest absolute Gasteiger partial charge is 0.281 e. The molecule has 0 saturated carbocycles. The van der Waals surface area contributed by atoms with Gasteiger partial charge < -0.3 is 0 Å². The van der Waals surface area contributed by atoms with Gasteiger partial charge in [0.05, 0.1) is 10.9 Å². The molecule has 1 aliphatic carbocycles. The average molecular weight is 340 g/mol. The van der Waals surface area contributed by atoms with E-state index in [9.17, 15) is 9.59 Å².